The van der Waals surface area contributed by atoms with Crippen LogP contribution in [0.4, 0.5) is 10.1 Å². The first kappa shape index (κ1) is 15.7. The Hall–Kier alpha value is -0.660. The van der Waals surface area contributed by atoms with E-state index >= 15 is 0 Å². The number of halogens is 2. The molecule has 2 rings (SSSR count). The van der Waals surface area contributed by atoms with Crippen LogP contribution in [0.3, 0.4) is 0 Å². The van der Waals surface area contributed by atoms with Crippen molar-refractivity contribution >= 4 is 31.8 Å². The number of piperidine rings is 1. The van der Waals surface area contributed by atoms with E-state index in [2.05, 4.69) is 20.7 Å². The Kier molecular flexibility index (Phi) is 4.71. The van der Waals surface area contributed by atoms with Crippen LogP contribution in [0, 0.1) is 12.7 Å². The number of hydrogen-bond donors (Lipinski definition) is 1. The second kappa shape index (κ2) is 5.99. The van der Waals surface area contributed by atoms with Gasteiger partial charge in [-0.15, -0.1) is 0 Å². The fourth-order valence-corrected chi connectivity index (χ4v) is 4.29. The third-order valence-electron chi connectivity index (χ3n) is 3.56. The van der Waals surface area contributed by atoms with Gasteiger partial charge in [0.05, 0.1) is 10.2 Å². The summed E-state index contributed by atoms with van der Waals surface area (Å²) < 4.78 is 42.5. The number of anilines is 1. The maximum Gasteiger partial charge on any atom is 0.301 e. The minimum Gasteiger partial charge on any atom is -0.271 e. The molecule has 1 atom stereocenters. The lowest BCUT2D eigenvalue weighted by molar-refractivity contribution is 0.270. The molecule has 7 heteroatoms. The van der Waals surface area contributed by atoms with Crippen LogP contribution in [0.25, 0.3) is 0 Å². The van der Waals surface area contributed by atoms with Gasteiger partial charge in [-0.2, -0.15) is 12.7 Å². The molecule has 0 radical (unpaired) electrons. The molecule has 0 aromatic heterocycles. The average molecular weight is 365 g/mol. The van der Waals surface area contributed by atoms with Gasteiger partial charge in [0.2, 0.25) is 0 Å². The molecule has 112 valence electrons. The number of nitrogens with zero attached hydrogens (tertiary/aromatic N) is 1. The zero-order chi connectivity index (χ0) is 14.9. The summed E-state index contributed by atoms with van der Waals surface area (Å²) in [5, 5.41) is 0. The van der Waals surface area contributed by atoms with Crippen molar-refractivity contribution in [3.05, 3.63) is 28.0 Å². The molecule has 0 amide bonds. The molecule has 0 aliphatic carbocycles. The Balaban J connectivity index is 2.26. The number of hydrogen-bond acceptors (Lipinski definition) is 2. The van der Waals surface area contributed by atoms with E-state index in [0.717, 1.165) is 19.3 Å². The molecule has 1 unspecified atom stereocenters. The summed E-state index contributed by atoms with van der Waals surface area (Å²) in [6, 6.07) is 2.75. The van der Waals surface area contributed by atoms with Gasteiger partial charge in [-0.1, -0.05) is 6.42 Å². The van der Waals surface area contributed by atoms with Gasteiger partial charge < -0.3 is 0 Å². The molecule has 1 aliphatic rings. The molecular weight excluding hydrogens is 347 g/mol. The quantitative estimate of drug-likeness (QED) is 0.892. The SMILES string of the molecule is Cc1cc(F)c(Br)cc1NS(=O)(=O)N1CCCCC1C. The number of rotatable bonds is 3. The molecule has 0 saturated carbocycles. The van der Waals surface area contributed by atoms with E-state index in [-0.39, 0.29) is 10.5 Å². The summed E-state index contributed by atoms with van der Waals surface area (Å²) in [6.45, 7) is 4.11. The van der Waals surface area contributed by atoms with Crippen molar-refractivity contribution in [2.24, 2.45) is 0 Å². The van der Waals surface area contributed by atoms with Crippen LogP contribution in [0.2, 0.25) is 0 Å². The van der Waals surface area contributed by atoms with E-state index in [0.29, 0.717) is 17.8 Å². The van der Waals surface area contributed by atoms with E-state index in [1.807, 2.05) is 6.92 Å². The average Bonchev–Trinajstić information content (AvgIpc) is 2.36. The fraction of sp³-hybridized carbons (Fsp3) is 0.538. The van der Waals surface area contributed by atoms with Crippen LogP contribution in [0.15, 0.2) is 16.6 Å². The first-order valence-corrected chi connectivity index (χ1v) is 8.80. The molecule has 1 aromatic rings. The second-order valence-electron chi connectivity index (χ2n) is 5.14. The Bertz CT molecular complexity index is 607. The van der Waals surface area contributed by atoms with Gasteiger partial charge >= 0.3 is 10.2 Å². The van der Waals surface area contributed by atoms with Crippen molar-refractivity contribution in [3.63, 3.8) is 0 Å². The fourth-order valence-electron chi connectivity index (χ4n) is 2.38. The highest BCUT2D eigenvalue weighted by Crippen LogP contribution is 2.27. The van der Waals surface area contributed by atoms with Gasteiger partial charge in [-0.25, -0.2) is 4.39 Å². The molecule has 1 heterocycles. The van der Waals surface area contributed by atoms with E-state index in [1.54, 1.807) is 6.92 Å². The molecule has 1 saturated heterocycles. The van der Waals surface area contributed by atoms with Crippen molar-refractivity contribution < 1.29 is 12.8 Å². The van der Waals surface area contributed by atoms with Crippen molar-refractivity contribution in [3.8, 4) is 0 Å². The topological polar surface area (TPSA) is 49.4 Å². The number of aryl methyl sites for hydroxylation is 1. The minimum atomic E-state index is -3.60. The third-order valence-corrected chi connectivity index (χ3v) is 5.80. The van der Waals surface area contributed by atoms with Crippen LogP contribution in [0.5, 0.6) is 0 Å². The van der Waals surface area contributed by atoms with E-state index in [1.165, 1.54) is 16.4 Å². The monoisotopic (exact) mass is 364 g/mol. The highest BCUT2D eigenvalue weighted by Gasteiger charge is 2.29. The first-order chi connectivity index (χ1) is 9.31. The Labute approximate surface area is 127 Å². The third kappa shape index (κ3) is 3.32. The molecule has 0 bridgehead atoms. The predicted molar refractivity (Wildman–Crippen MR) is 81.4 cm³/mol. The van der Waals surface area contributed by atoms with Crippen molar-refractivity contribution in [1.82, 2.24) is 4.31 Å². The molecule has 1 aromatic carbocycles. The summed E-state index contributed by atoms with van der Waals surface area (Å²) in [5.74, 6) is -0.406. The van der Waals surface area contributed by atoms with Gasteiger partial charge in [0, 0.05) is 12.6 Å². The lowest BCUT2D eigenvalue weighted by Gasteiger charge is -2.32. The Morgan fingerprint density at radius 1 is 1.40 bits per heavy atom. The highest BCUT2D eigenvalue weighted by molar-refractivity contribution is 9.10. The molecule has 4 nitrogen and oxygen atoms in total. The lowest BCUT2D eigenvalue weighted by atomic mass is 10.1. The molecule has 1 aliphatic heterocycles. The normalized spacial score (nSPS) is 20.9. The van der Waals surface area contributed by atoms with Crippen molar-refractivity contribution in [1.29, 1.82) is 0 Å². The van der Waals surface area contributed by atoms with E-state index < -0.39 is 16.0 Å². The predicted octanol–water partition coefficient (Wildman–Crippen LogP) is 3.43. The maximum atomic E-state index is 13.4. The van der Waals surface area contributed by atoms with Crippen LogP contribution in [0.1, 0.15) is 31.7 Å². The largest absolute Gasteiger partial charge is 0.301 e. The van der Waals surface area contributed by atoms with Crippen molar-refractivity contribution in [2.75, 3.05) is 11.3 Å². The minimum absolute atomic E-state index is 0.00885. The summed E-state index contributed by atoms with van der Waals surface area (Å²) in [6.07, 6.45) is 2.79. The van der Waals surface area contributed by atoms with Gasteiger partial charge in [0.25, 0.3) is 0 Å². The van der Waals surface area contributed by atoms with Crippen LogP contribution < -0.4 is 4.72 Å². The smallest absolute Gasteiger partial charge is 0.271 e. The molecule has 0 spiro atoms. The Morgan fingerprint density at radius 3 is 2.75 bits per heavy atom. The second-order valence-corrected chi connectivity index (χ2v) is 7.62. The van der Waals surface area contributed by atoms with Crippen LogP contribution in [-0.4, -0.2) is 25.3 Å². The zero-order valence-electron chi connectivity index (χ0n) is 11.5. The first-order valence-electron chi connectivity index (χ1n) is 6.56. The standard InChI is InChI=1S/C13H18BrFN2O2S/c1-9-7-12(15)11(14)8-13(9)16-20(18,19)17-6-4-3-5-10(17)2/h7-8,10,16H,3-6H2,1-2H3. The summed E-state index contributed by atoms with van der Waals surface area (Å²) in [7, 11) is -3.60. The van der Waals surface area contributed by atoms with E-state index in [4.69, 9.17) is 0 Å². The van der Waals surface area contributed by atoms with Crippen LogP contribution in [-0.2, 0) is 10.2 Å². The van der Waals surface area contributed by atoms with Gasteiger partial charge in [-0.05, 0) is 60.3 Å². The summed E-state index contributed by atoms with van der Waals surface area (Å²) in [4.78, 5) is 0. The number of benzene rings is 1. The van der Waals surface area contributed by atoms with Gasteiger partial charge in [0.1, 0.15) is 5.82 Å². The van der Waals surface area contributed by atoms with Gasteiger partial charge in [0.15, 0.2) is 0 Å². The Morgan fingerprint density at radius 2 is 2.10 bits per heavy atom. The highest BCUT2D eigenvalue weighted by atomic mass is 79.9. The molecule has 1 fully saturated rings. The number of nitrogens with one attached hydrogen (secondary N) is 1. The summed E-state index contributed by atoms with van der Waals surface area (Å²) in [5.41, 5.74) is 0.954. The van der Waals surface area contributed by atoms with Crippen LogP contribution >= 0.6 is 15.9 Å². The maximum absolute atomic E-state index is 13.4. The molecule has 20 heavy (non-hydrogen) atoms. The van der Waals surface area contributed by atoms with E-state index in [9.17, 15) is 12.8 Å². The molecule has 1 N–H and O–H groups in total. The van der Waals surface area contributed by atoms with Crippen molar-refractivity contribution in [2.45, 2.75) is 39.2 Å². The zero-order valence-corrected chi connectivity index (χ0v) is 13.9. The lowest BCUT2D eigenvalue weighted by Crippen LogP contribution is -2.44. The molecular formula is C13H18BrFN2O2S. The summed E-state index contributed by atoms with van der Waals surface area (Å²) >= 11 is 3.07. The van der Waals surface area contributed by atoms with Gasteiger partial charge in [-0.3, -0.25) is 4.72 Å².